The predicted octanol–water partition coefficient (Wildman–Crippen LogP) is 3.29. The summed E-state index contributed by atoms with van der Waals surface area (Å²) in [6.07, 6.45) is 6.30. The molecule has 1 fully saturated rings. The van der Waals surface area contributed by atoms with Gasteiger partial charge >= 0.3 is 0 Å². The standard InChI is InChI=1S/C17H27NO2/c1-13(14-6-4-3-5-7-14)18-12-17(19)15-8-10-16(20-2)11-9-15/h8-11,13-14,17-19H,3-7,12H2,1-2H3. The number of hydrogen-bond donors (Lipinski definition) is 2. The van der Waals surface area contributed by atoms with Crippen LogP contribution in [-0.4, -0.2) is 24.8 Å². The van der Waals surface area contributed by atoms with Crippen molar-refractivity contribution in [2.75, 3.05) is 13.7 Å². The lowest BCUT2D eigenvalue weighted by Gasteiger charge is -2.29. The predicted molar refractivity (Wildman–Crippen MR) is 82.0 cm³/mol. The van der Waals surface area contributed by atoms with Crippen LogP contribution in [0.25, 0.3) is 0 Å². The Morgan fingerprint density at radius 2 is 1.85 bits per heavy atom. The molecular formula is C17H27NO2. The van der Waals surface area contributed by atoms with E-state index in [-0.39, 0.29) is 0 Å². The number of benzene rings is 1. The number of methoxy groups -OCH3 is 1. The van der Waals surface area contributed by atoms with Crippen LogP contribution in [-0.2, 0) is 0 Å². The monoisotopic (exact) mass is 277 g/mol. The normalized spacial score (nSPS) is 19.6. The zero-order valence-electron chi connectivity index (χ0n) is 12.6. The van der Waals surface area contributed by atoms with Crippen LogP contribution in [0.15, 0.2) is 24.3 Å². The highest BCUT2D eigenvalue weighted by Crippen LogP contribution is 2.26. The maximum atomic E-state index is 10.2. The Labute approximate surface area is 122 Å². The van der Waals surface area contributed by atoms with Crippen LogP contribution in [0.1, 0.15) is 50.7 Å². The average molecular weight is 277 g/mol. The van der Waals surface area contributed by atoms with Crippen molar-refractivity contribution in [1.29, 1.82) is 0 Å². The summed E-state index contributed by atoms with van der Waals surface area (Å²) in [5, 5.41) is 13.7. The van der Waals surface area contributed by atoms with Gasteiger partial charge in [-0.25, -0.2) is 0 Å². The highest BCUT2D eigenvalue weighted by Gasteiger charge is 2.20. The third-order valence-electron chi connectivity index (χ3n) is 4.49. The van der Waals surface area contributed by atoms with Crippen LogP contribution in [0.3, 0.4) is 0 Å². The van der Waals surface area contributed by atoms with Gasteiger partial charge in [0.2, 0.25) is 0 Å². The van der Waals surface area contributed by atoms with E-state index in [4.69, 9.17) is 4.74 Å². The van der Waals surface area contributed by atoms with E-state index in [2.05, 4.69) is 12.2 Å². The van der Waals surface area contributed by atoms with Gasteiger partial charge in [0.25, 0.3) is 0 Å². The summed E-state index contributed by atoms with van der Waals surface area (Å²) in [5.41, 5.74) is 0.939. The third-order valence-corrected chi connectivity index (χ3v) is 4.49. The van der Waals surface area contributed by atoms with Gasteiger partial charge in [0.05, 0.1) is 13.2 Å². The summed E-state index contributed by atoms with van der Waals surface area (Å²) in [6, 6.07) is 8.13. The quantitative estimate of drug-likeness (QED) is 0.838. The molecule has 20 heavy (non-hydrogen) atoms. The Kier molecular flexibility index (Phi) is 5.86. The molecule has 1 aliphatic carbocycles. The zero-order valence-corrected chi connectivity index (χ0v) is 12.6. The number of rotatable bonds is 6. The first-order valence-corrected chi connectivity index (χ1v) is 7.76. The molecule has 1 aromatic rings. The maximum Gasteiger partial charge on any atom is 0.118 e. The van der Waals surface area contributed by atoms with E-state index in [1.807, 2.05) is 24.3 Å². The Balaban J connectivity index is 1.79. The van der Waals surface area contributed by atoms with Gasteiger partial charge in [0.15, 0.2) is 0 Å². The number of ether oxygens (including phenoxy) is 1. The molecule has 2 atom stereocenters. The number of nitrogens with one attached hydrogen (secondary N) is 1. The van der Waals surface area contributed by atoms with Gasteiger partial charge in [-0.3, -0.25) is 0 Å². The molecule has 3 heteroatoms. The average Bonchev–Trinajstić information content (AvgIpc) is 2.53. The van der Waals surface area contributed by atoms with E-state index in [0.29, 0.717) is 12.6 Å². The van der Waals surface area contributed by atoms with Gasteiger partial charge in [-0.15, -0.1) is 0 Å². The van der Waals surface area contributed by atoms with Crippen molar-refractivity contribution in [3.8, 4) is 5.75 Å². The van der Waals surface area contributed by atoms with Gasteiger partial charge in [0, 0.05) is 12.6 Å². The number of aliphatic hydroxyl groups excluding tert-OH is 1. The van der Waals surface area contributed by atoms with Crippen molar-refractivity contribution in [2.45, 2.75) is 51.2 Å². The molecule has 3 nitrogen and oxygen atoms in total. The van der Waals surface area contributed by atoms with Crippen LogP contribution in [0.4, 0.5) is 0 Å². The first kappa shape index (κ1) is 15.3. The summed E-state index contributed by atoms with van der Waals surface area (Å²) in [5.74, 6) is 1.59. The van der Waals surface area contributed by atoms with Crippen LogP contribution in [0.5, 0.6) is 5.75 Å². The first-order valence-electron chi connectivity index (χ1n) is 7.76. The van der Waals surface area contributed by atoms with E-state index >= 15 is 0 Å². The van der Waals surface area contributed by atoms with Gasteiger partial charge < -0.3 is 15.2 Å². The zero-order chi connectivity index (χ0) is 14.4. The van der Waals surface area contributed by atoms with Crippen molar-refractivity contribution in [2.24, 2.45) is 5.92 Å². The SMILES string of the molecule is COc1ccc(C(O)CNC(C)C2CCCCC2)cc1. The molecule has 0 aliphatic heterocycles. The highest BCUT2D eigenvalue weighted by molar-refractivity contribution is 5.28. The molecule has 112 valence electrons. The van der Waals surface area contributed by atoms with Crippen molar-refractivity contribution < 1.29 is 9.84 Å². The summed E-state index contributed by atoms with van der Waals surface area (Å²) in [6.45, 7) is 2.86. The fourth-order valence-electron chi connectivity index (χ4n) is 3.04. The lowest BCUT2D eigenvalue weighted by Crippen LogP contribution is -2.37. The van der Waals surface area contributed by atoms with Gasteiger partial charge in [0.1, 0.15) is 5.75 Å². The summed E-state index contributed by atoms with van der Waals surface area (Å²) in [7, 11) is 1.65. The van der Waals surface area contributed by atoms with Crippen LogP contribution in [0, 0.1) is 5.92 Å². The van der Waals surface area contributed by atoms with Crippen molar-refractivity contribution >= 4 is 0 Å². The molecule has 2 rings (SSSR count). The summed E-state index contributed by atoms with van der Waals surface area (Å²) >= 11 is 0. The van der Waals surface area contributed by atoms with Crippen LogP contribution < -0.4 is 10.1 Å². The molecule has 0 saturated heterocycles. The third kappa shape index (κ3) is 4.22. The topological polar surface area (TPSA) is 41.5 Å². The molecule has 0 heterocycles. The first-order chi connectivity index (χ1) is 9.70. The second-order valence-electron chi connectivity index (χ2n) is 5.88. The van der Waals surface area contributed by atoms with Crippen molar-refractivity contribution in [3.05, 3.63) is 29.8 Å². The second-order valence-corrected chi connectivity index (χ2v) is 5.88. The molecular weight excluding hydrogens is 250 g/mol. The maximum absolute atomic E-state index is 10.2. The second kappa shape index (κ2) is 7.65. The molecule has 2 N–H and O–H groups in total. The minimum Gasteiger partial charge on any atom is -0.497 e. The van der Waals surface area contributed by atoms with E-state index in [9.17, 15) is 5.11 Å². The molecule has 0 spiro atoms. The fourth-order valence-corrected chi connectivity index (χ4v) is 3.04. The molecule has 0 amide bonds. The Hall–Kier alpha value is -1.06. The Morgan fingerprint density at radius 3 is 2.45 bits per heavy atom. The fraction of sp³-hybridized carbons (Fsp3) is 0.647. The largest absolute Gasteiger partial charge is 0.497 e. The Morgan fingerprint density at radius 1 is 1.20 bits per heavy atom. The molecule has 0 radical (unpaired) electrons. The van der Waals surface area contributed by atoms with Crippen LogP contribution >= 0.6 is 0 Å². The summed E-state index contributed by atoms with van der Waals surface area (Å²) < 4.78 is 5.13. The van der Waals surface area contributed by atoms with Crippen LogP contribution in [0.2, 0.25) is 0 Å². The number of hydrogen-bond acceptors (Lipinski definition) is 3. The van der Waals surface area contributed by atoms with E-state index in [1.165, 1.54) is 32.1 Å². The van der Waals surface area contributed by atoms with Gasteiger partial charge in [-0.1, -0.05) is 31.4 Å². The van der Waals surface area contributed by atoms with Crippen molar-refractivity contribution in [3.63, 3.8) is 0 Å². The van der Waals surface area contributed by atoms with E-state index in [0.717, 1.165) is 17.2 Å². The molecule has 2 unspecified atom stereocenters. The van der Waals surface area contributed by atoms with E-state index < -0.39 is 6.10 Å². The molecule has 1 aromatic carbocycles. The molecule has 0 bridgehead atoms. The molecule has 0 aromatic heterocycles. The van der Waals surface area contributed by atoms with Gasteiger partial charge in [-0.2, -0.15) is 0 Å². The smallest absolute Gasteiger partial charge is 0.118 e. The lowest BCUT2D eigenvalue weighted by atomic mass is 9.84. The highest BCUT2D eigenvalue weighted by atomic mass is 16.5. The molecule has 1 aliphatic rings. The number of aliphatic hydroxyl groups is 1. The Bertz CT molecular complexity index is 384. The lowest BCUT2D eigenvalue weighted by molar-refractivity contribution is 0.161. The van der Waals surface area contributed by atoms with Gasteiger partial charge in [-0.05, 0) is 43.4 Å². The minimum atomic E-state index is -0.452. The van der Waals surface area contributed by atoms with Crippen molar-refractivity contribution in [1.82, 2.24) is 5.32 Å². The van der Waals surface area contributed by atoms with E-state index in [1.54, 1.807) is 7.11 Å². The minimum absolute atomic E-state index is 0.452. The molecule has 1 saturated carbocycles. The summed E-state index contributed by atoms with van der Waals surface area (Å²) in [4.78, 5) is 0.